The summed E-state index contributed by atoms with van der Waals surface area (Å²) in [7, 11) is 0. The molecule has 7 heteroatoms. The molecule has 2 aromatic carbocycles. The number of rotatable bonds is 5. The Balaban J connectivity index is 1.63. The van der Waals surface area contributed by atoms with Gasteiger partial charge in [-0.05, 0) is 50.1 Å². The SMILES string of the molecule is CCC(Oc1ccc(C)cc1C)C(=O)N1CCN(c2cccc(C(F)(F)F)c2)CC1. The topological polar surface area (TPSA) is 32.8 Å². The molecule has 30 heavy (non-hydrogen) atoms. The predicted molar refractivity (Wildman–Crippen MR) is 111 cm³/mol. The maximum Gasteiger partial charge on any atom is 0.416 e. The van der Waals surface area contributed by atoms with Gasteiger partial charge in [-0.2, -0.15) is 13.2 Å². The van der Waals surface area contributed by atoms with Gasteiger partial charge in [0.2, 0.25) is 0 Å². The molecule has 1 fully saturated rings. The smallest absolute Gasteiger partial charge is 0.416 e. The molecular formula is C23H27F3N2O2. The fraction of sp³-hybridized carbons (Fsp3) is 0.435. The molecule has 0 aromatic heterocycles. The molecule has 1 saturated heterocycles. The second-order valence-corrected chi connectivity index (χ2v) is 7.64. The van der Waals surface area contributed by atoms with Crippen LogP contribution in [0.3, 0.4) is 0 Å². The average molecular weight is 420 g/mol. The van der Waals surface area contributed by atoms with Gasteiger partial charge in [0.25, 0.3) is 5.91 Å². The first-order valence-corrected chi connectivity index (χ1v) is 10.1. The molecule has 0 radical (unpaired) electrons. The van der Waals surface area contributed by atoms with Gasteiger partial charge in [-0.1, -0.05) is 30.7 Å². The lowest BCUT2D eigenvalue weighted by atomic mass is 10.1. The predicted octanol–water partition coefficient (Wildman–Crippen LogP) is 4.83. The Kier molecular flexibility index (Phi) is 6.58. The monoisotopic (exact) mass is 420 g/mol. The molecule has 0 bridgehead atoms. The molecule has 2 aromatic rings. The van der Waals surface area contributed by atoms with Gasteiger partial charge in [0, 0.05) is 31.9 Å². The minimum atomic E-state index is -4.37. The van der Waals surface area contributed by atoms with Crippen LogP contribution in [0.5, 0.6) is 5.75 Å². The first-order valence-electron chi connectivity index (χ1n) is 10.1. The first-order chi connectivity index (χ1) is 14.2. The Bertz CT molecular complexity index is 890. The summed E-state index contributed by atoms with van der Waals surface area (Å²) < 4.78 is 44.9. The van der Waals surface area contributed by atoms with E-state index in [0.29, 0.717) is 44.0 Å². The first kappa shape index (κ1) is 22.0. The molecule has 1 amide bonds. The minimum absolute atomic E-state index is 0.0823. The molecule has 3 rings (SSSR count). The molecule has 1 heterocycles. The van der Waals surface area contributed by atoms with Crippen molar-refractivity contribution in [2.75, 3.05) is 31.1 Å². The van der Waals surface area contributed by atoms with Crippen molar-refractivity contribution in [3.05, 3.63) is 59.2 Å². The van der Waals surface area contributed by atoms with Crippen molar-refractivity contribution in [1.29, 1.82) is 0 Å². The van der Waals surface area contributed by atoms with Crippen LogP contribution in [0.4, 0.5) is 18.9 Å². The second kappa shape index (κ2) is 8.98. The van der Waals surface area contributed by atoms with Gasteiger partial charge in [0.05, 0.1) is 5.56 Å². The second-order valence-electron chi connectivity index (χ2n) is 7.64. The van der Waals surface area contributed by atoms with Gasteiger partial charge in [0.15, 0.2) is 6.10 Å². The van der Waals surface area contributed by atoms with E-state index in [1.165, 1.54) is 6.07 Å². The number of piperazine rings is 1. The lowest BCUT2D eigenvalue weighted by Crippen LogP contribution is -2.52. The molecule has 0 spiro atoms. The third kappa shape index (κ3) is 5.07. The number of ether oxygens (including phenoxy) is 1. The van der Waals surface area contributed by atoms with Crippen LogP contribution in [0.15, 0.2) is 42.5 Å². The zero-order valence-electron chi connectivity index (χ0n) is 17.5. The maximum absolute atomic E-state index is 13.0. The number of halogens is 3. The van der Waals surface area contributed by atoms with E-state index < -0.39 is 17.8 Å². The number of aryl methyl sites for hydroxylation is 2. The van der Waals surface area contributed by atoms with E-state index in [4.69, 9.17) is 4.74 Å². The highest BCUT2D eigenvalue weighted by atomic mass is 19.4. The Hall–Kier alpha value is -2.70. The fourth-order valence-electron chi connectivity index (χ4n) is 3.66. The number of hydrogen-bond donors (Lipinski definition) is 0. The van der Waals surface area contributed by atoms with Crippen molar-refractivity contribution in [1.82, 2.24) is 4.90 Å². The minimum Gasteiger partial charge on any atom is -0.480 e. The van der Waals surface area contributed by atoms with E-state index in [0.717, 1.165) is 23.3 Å². The molecular weight excluding hydrogens is 393 g/mol. The van der Waals surface area contributed by atoms with E-state index in [1.54, 1.807) is 11.0 Å². The molecule has 162 valence electrons. The van der Waals surface area contributed by atoms with Crippen LogP contribution >= 0.6 is 0 Å². The highest BCUT2D eigenvalue weighted by Crippen LogP contribution is 2.32. The Labute approximate surface area is 175 Å². The van der Waals surface area contributed by atoms with Crippen molar-refractivity contribution in [3.8, 4) is 5.75 Å². The number of benzene rings is 2. The number of amides is 1. The summed E-state index contributed by atoms with van der Waals surface area (Å²) in [4.78, 5) is 16.6. The van der Waals surface area contributed by atoms with E-state index in [9.17, 15) is 18.0 Å². The van der Waals surface area contributed by atoms with Gasteiger partial charge in [-0.3, -0.25) is 4.79 Å². The number of carbonyl (C=O) groups excluding carboxylic acids is 1. The maximum atomic E-state index is 13.0. The van der Waals surface area contributed by atoms with Crippen LogP contribution < -0.4 is 9.64 Å². The lowest BCUT2D eigenvalue weighted by molar-refractivity contribution is -0.139. The number of alkyl halides is 3. The molecule has 0 N–H and O–H groups in total. The van der Waals surface area contributed by atoms with Crippen LogP contribution in [-0.2, 0) is 11.0 Å². The standard InChI is InChI=1S/C23H27F3N2O2/c1-4-20(30-21-9-8-16(2)14-17(21)3)22(29)28-12-10-27(11-13-28)19-7-5-6-18(15-19)23(24,25)26/h5-9,14-15,20H,4,10-13H2,1-3H3. The fourth-order valence-corrected chi connectivity index (χ4v) is 3.66. The van der Waals surface area contributed by atoms with Crippen LogP contribution in [0.25, 0.3) is 0 Å². The summed E-state index contributed by atoms with van der Waals surface area (Å²) in [5, 5.41) is 0. The highest BCUT2D eigenvalue weighted by molar-refractivity contribution is 5.81. The summed E-state index contributed by atoms with van der Waals surface area (Å²) in [6.45, 7) is 7.71. The molecule has 1 unspecified atom stereocenters. The van der Waals surface area contributed by atoms with Crippen molar-refractivity contribution in [2.24, 2.45) is 0 Å². The van der Waals surface area contributed by atoms with E-state index in [1.807, 2.05) is 43.9 Å². The molecule has 1 aliphatic rings. The normalized spacial score (nSPS) is 15.8. The van der Waals surface area contributed by atoms with Crippen molar-refractivity contribution < 1.29 is 22.7 Å². The van der Waals surface area contributed by atoms with Crippen molar-refractivity contribution >= 4 is 11.6 Å². The average Bonchev–Trinajstić information content (AvgIpc) is 2.72. The number of carbonyl (C=O) groups is 1. The number of nitrogens with zero attached hydrogens (tertiary/aromatic N) is 2. The van der Waals surface area contributed by atoms with Crippen LogP contribution in [-0.4, -0.2) is 43.1 Å². The highest BCUT2D eigenvalue weighted by Gasteiger charge is 2.32. The Morgan fingerprint density at radius 2 is 1.77 bits per heavy atom. The largest absolute Gasteiger partial charge is 0.480 e. The zero-order chi connectivity index (χ0) is 21.9. The molecule has 1 atom stereocenters. The quantitative estimate of drug-likeness (QED) is 0.695. The van der Waals surface area contributed by atoms with Crippen molar-refractivity contribution in [3.63, 3.8) is 0 Å². The van der Waals surface area contributed by atoms with Crippen molar-refractivity contribution in [2.45, 2.75) is 39.5 Å². The summed E-state index contributed by atoms with van der Waals surface area (Å²) in [6, 6.07) is 11.2. The van der Waals surface area contributed by atoms with Gasteiger partial charge in [-0.15, -0.1) is 0 Å². The van der Waals surface area contributed by atoms with Gasteiger partial charge >= 0.3 is 6.18 Å². The van der Waals surface area contributed by atoms with Crippen LogP contribution in [0, 0.1) is 13.8 Å². The number of hydrogen-bond acceptors (Lipinski definition) is 3. The summed E-state index contributed by atoms with van der Waals surface area (Å²) in [5.41, 5.74) is 1.97. The number of anilines is 1. The van der Waals surface area contributed by atoms with E-state index in [2.05, 4.69) is 0 Å². The van der Waals surface area contributed by atoms with E-state index in [-0.39, 0.29) is 5.91 Å². The Morgan fingerprint density at radius 3 is 2.37 bits per heavy atom. The third-order valence-electron chi connectivity index (χ3n) is 5.38. The molecule has 0 saturated carbocycles. The lowest BCUT2D eigenvalue weighted by Gasteiger charge is -2.37. The molecule has 0 aliphatic carbocycles. The summed E-state index contributed by atoms with van der Waals surface area (Å²) in [5.74, 6) is 0.615. The molecule has 4 nitrogen and oxygen atoms in total. The third-order valence-corrected chi connectivity index (χ3v) is 5.38. The zero-order valence-corrected chi connectivity index (χ0v) is 17.5. The summed E-state index contributed by atoms with van der Waals surface area (Å²) in [6.07, 6.45) is -4.40. The van der Waals surface area contributed by atoms with Crippen LogP contribution in [0.1, 0.15) is 30.0 Å². The van der Waals surface area contributed by atoms with E-state index >= 15 is 0 Å². The van der Waals surface area contributed by atoms with Gasteiger partial charge < -0.3 is 14.5 Å². The Morgan fingerprint density at radius 1 is 1.07 bits per heavy atom. The summed E-state index contributed by atoms with van der Waals surface area (Å²) >= 11 is 0. The van der Waals surface area contributed by atoms with Crippen LogP contribution in [0.2, 0.25) is 0 Å². The van der Waals surface area contributed by atoms with Gasteiger partial charge in [0.1, 0.15) is 5.75 Å². The van der Waals surface area contributed by atoms with Gasteiger partial charge in [-0.25, -0.2) is 0 Å². The molecule has 1 aliphatic heterocycles.